The molecule has 1 fully saturated rings. The van der Waals surface area contributed by atoms with Gasteiger partial charge in [-0.1, -0.05) is 6.07 Å². The van der Waals surface area contributed by atoms with Crippen molar-refractivity contribution in [3.63, 3.8) is 0 Å². The molecule has 0 bridgehead atoms. The first-order valence-corrected chi connectivity index (χ1v) is 9.50. The fraction of sp³-hybridized carbons (Fsp3) is 0.286. The van der Waals surface area contributed by atoms with Crippen LogP contribution in [-0.2, 0) is 6.54 Å². The Bertz CT molecular complexity index is 993. The molecule has 7 nitrogen and oxygen atoms in total. The molecule has 1 saturated heterocycles. The van der Waals surface area contributed by atoms with Crippen molar-refractivity contribution in [2.24, 2.45) is 0 Å². The Balaban J connectivity index is 1.48. The monoisotopic (exact) mass is 392 g/mol. The first kappa shape index (κ1) is 19.1. The third-order valence-electron chi connectivity index (χ3n) is 4.88. The van der Waals surface area contributed by atoms with Gasteiger partial charge < -0.3 is 5.32 Å². The topological polar surface area (TPSA) is 83.9 Å². The average Bonchev–Trinajstić information content (AvgIpc) is 3.20. The van der Waals surface area contributed by atoms with Crippen LogP contribution in [0, 0.1) is 12.7 Å². The summed E-state index contributed by atoms with van der Waals surface area (Å²) in [6.45, 7) is 3.39. The number of amides is 1. The van der Waals surface area contributed by atoms with Crippen LogP contribution in [0.25, 0.3) is 0 Å². The van der Waals surface area contributed by atoms with E-state index in [0.29, 0.717) is 23.9 Å². The number of pyridine rings is 2. The Hall–Kier alpha value is -3.26. The van der Waals surface area contributed by atoms with Crippen molar-refractivity contribution in [2.45, 2.75) is 32.4 Å². The molecule has 4 rings (SSSR count). The minimum atomic E-state index is -0.350. The summed E-state index contributed by atoms with van der Waals surface area (Å²) in [5.74, 6) is 0.409. The van der Waals surface area contributed by atoms with E-state index in [0.717, 1.165) is 30.6 Å². The summed E-state index contributed by atoms with van der Waals surface area (Å²) < 4.78 is 13.1. The molecule has 1 N–H and O–H groups in total. The van der Waals surface area contributed by atoms with E-state index in [1.54, 1.807) is 30.6 Å². The van der Waals surface area contributed by atoms with E-state index in [2.05, 4.69) is 30.2 Å². The number of halogens is 1. The Labute approximate surface area is 168 Å². The standard InChI is InChI=1S/C21H21FN6O/c1-14-4-7-19(25-11-14)27-21(29)17-8-9-23-20(26-17)18-3-2-10-28(18)13-16-6-5-15(22)12-24-16/h4-9,11-12,18H,2-3,10,13H2,1H3,(H,25,27,29). The lowest BCUT2D eigenvalue weighted by Gasteiger charge is -2.23. The summed E-state index contributed by atoms with van der Waals surface area (Å²) in [4.78, 5) is 32.0. The molecular formula is C21H21FN6O. The summed E-state index contributed by atoms with van der Waals surface area (Å²) in [5.41, 5.74) is 2.10. The summed E-state index contributed by atoms with van der Waals surface area (Å²) in [6.07, 6.45) is 6.42. The maximum Gasteiger partial charge on any atom is 0.275 e. The molecule has 0 aliphatic carbocycles. The fourth-order valence-electron chi connectivity index (χ4n) is 3.40. The number of hydrogen-bond donors (Lipinski definition) is 1. The SMILES string of the molecule is Cc1ccc(NC(=O)c2ccnc(C3CCCN3Cc3ccc(F)cn3)n2)nc1. The van der Waals surface area contributed by atoms with E-state index in [1.807, 2.05) is 13.0 Å². The van der Waals surface area contributed by atoms with E-state index in [4.69, 9.17) is 0 Å². The van der Waals surface area contributed by atoms with Gasteiger partial charge in [-0.05, 0) is 56.1 Å². The molecule has 0 saturated carbocycles. The molecule has 0 aromatic carbocycles. The van der Waals surface area contributed by atoms with Crippen LogP contribution in [0.4, 0.5) is 10.2 Å². The van der Waals surface area contributed by atoms with Crippen molar-refractivity contribution in [3.8, 4) is 0 Å². The van der Waals surface area contributed by atoms with Gasteiger partial charge in [-0.15, -0.1) is 0 Å². The van der Waals surface area contributed by atoms with E-state index in [-0.39, 0.29) is 17.8 Å². The van der Waals surface area contributed by atoms with Crippen LogP contribution in [0.2, 0.25) is 0 Å². The minimum absolute atomic E-state index is 0.00731. The quantitative estimate of drug-likeness (QED) is 0.717. The number of carbonyl (C=O) groups excluding carboxylic acids is 1. The van der Waals surface area contributed by atoms with Crippen LogP contribution >= 0.6 is 0 Å². The number of carbonyl (C=O) groups is 1. The van der Waals surface area contributed by atoms with Gasteiger partial charge in [-0.25, -0.2) is 19.3 Å². The maximum absolute atomic E-state index is 13.1. The van der Waals surface area contributed by atoms with Crippen molar-refractivity contribution < 1.29 is 9.18 Å². The van der Waals surface area contributed by atoms with Crippen molar-refractivity contribution >= 4 is 11.7 Å². The van der Waals surface area contributed by atoms with Gasteiger partial charge in [-0.2, -0.15) is 0 Å². The molecule has 3 aromatic rings. The Morgan fingerprint density at radius 1 is 1.17 bits per heavy atom. The maximum atomic E-state index is 13.1. The zero-order chi connectivity index (χ0) is 20.2. The van der Waals surface area contributed by atoms with E-state index >= 15 is 0 Å². The van der Waals surface area contributed by atoms with E-state index in [1.165, 1.54) is 12.3 Å². The van der Waals surface area contributed by atoms with Crippen LogP contribution in [0.3, 0.4) is 0 Å². The number of nitrogens with one attached hydrogen (secondary N) is 1. The van der Waals surface area contributed by atoms with Crippen molar-refractivity contribution in [1.82, 2.24) is 24.8 Å². The second kappa shape index (κ2) is 8.40. The van der Waals surface area contributed by atoms with Gasteiger partial charge in [-0.3, -0.25) is 14.7 Å². The Kier molecular flexibility index (Phi) is 5.53. The van der Waals surface area contributed by atoms with E-state index in [9.17, 15) is 9.18 Å². The van der Waals surface area contributed by atoms with Gasteiger partial charge in [0.2, 0.25) is 0 Å². The van der Waals surface area contributed by atoms with Gasteiger partial charge in [0.15, 0.2) is 0 Å². The molecule has 1 unspecified atom stereocenters. The summed E-state index contributed by atoms with van der Waals surface area (Å²) in [6, 6.07) is 8.32. The lowest BCUT2D eigenvalue weighted by Crippen LogP contribution is -2.25. The summed E-state index contributed by atoms with van der Waals surface area (Å²) in [7, 11) is 0. The molecule has 1 atom stereocenters. The molecule has 1 aliphatic rings. The third kappa shape index (κ3) is 4.60. The highest BCUT2D eigenvalue weighted by atomic mass is 19.1. The smallest absolute Gasteiger partial charge is 0.275 e. The molecule has 3 aromatic heterocycles. The van der Waals surface area contributed by atoms with Gasteiger partial charge >= 0.3 is 0 Å². The zero-order valence-corrected chi connectivity index (χ0v) is 16.0. The number of hydrogen-bond acceptors (Lipinski definition) is 6. The van der Waals surface area contributed by atoms with Gasteiger partial charge in [0.25, 0.3) is 5.91 Å². The molecule has 1 amide bonds. The third-order valence-corrected chi connectivity index (χ3v) is 4.88. The van der Waals surface area contributed by atoms with Crippen LogP contribution < -0.4 is 5.32 Å². The second-order valence-electron chi connectivity index (χ2n) is 7.07. The van der Waals surface area contributed by atoms with Gasteiger partial charge in [0.1, 0.15) is 23.2 Å². The van der Waals surface area contributed by atoms with Gasteiger partial charge in [0, 0.05) is 18.9 Å². The molecular weight excluding hydrogens is 371 g/mol. The number of anilines is 1. The summed E-state index contributed by atoms with van der Waals surface area (Å²) >= 11 is 0. The molecule has 0 spiro atoms. The number of aromatic nitrogens is 4. The number of nitrogens with zero attached hydrogens (tertiary/aromatic N) is 5. The molecule has 4 heterocycles. The Morgan fingerprint density at radius 3 is 2.83 bits per heavy atom. The van der Waals surface area contributed by atoms with Crippen molar-refractivity contribution in [2.75, 3.05) is 11.9 Å². The van der Waals surface area contributed by atoms with Crippen LogP contribution in [-0.4, -0.2) is 37.3 Å². The number of rotatable bonds is 5. The highest BCUT2D eigenvalue weighted by molar-refractivity contribution is 6.02. The van der Waals surface area contributed by atoms with Crippen LogP contribution in [0.1, 0.15) is 46.5 Å². The molecule has 0 radical (unpaired) electrons. The predicted octanol–water partition coefficient (Wildman–Crippen LogP) is 3.30. The average molecular weight is 392 g/mol. The zero-order valence-electron chi connectivity index (χ0n) is 16.0. The minimum Gasteiger partial charge on any atom is -0.305 e. The summed E-state index contributed by atoms with van der Waals surface area (Å²) in [5, 5.41) is 2.76. The van der Waals surface area contributed by atoms with Crippen LogP contribution in [0.5, 0.6) is 0 Å². The molecule has 1 aliphatic heterocycles. The van der Waals surface area contributed by atoms with Crippen molar-refractivity contribution in [3.05, 3.63) is 77.5 Å². The molecule has 148 valence electrons. The lowest BCUT2D eigenvalue weighted by atomic mass is 10.2. The van der Waals surface area contributed by atoms with E-state index < -0.39 is 0 Å². The molecule has 8 heteroatoms. The molecule has 29 heavy (non-hydrogen) atoms. The van der Waals surface area contributed by atoms with Crippen molar-refractivity contribution in [1.29, 1.82) is 0 Å². The number of aryl methyl sites for hydroxylation is 1. The second-order valence-corrected chi connectivity index (χ2v) is 7.07. The Morgan fingerprint density at radius 2 is 2.07 bits per heavy atom. The largest absolute Gasteiger partial charge is 0.305 e. The number of likely N-dealkylation sites (tertiary alicyclic amines) is 1. The van der Waals surface area contributed by atoms with Gasteiger partial charge in [0.05, 0.1) is 17.9 Å². The first-order valence-electron chi connectivity index (χ1n) is 9.50. The normalized spacial score (nSPS) is 16.7. The highest BCUT2D eigenvalue weighted by Crippen LogP contribution is 2.31. The predicted molar refractivity (Wildman–Crippen MR) is 106 cm³/mol. The fourth-order valence-corrected chi connectivity index (χ4v) is 3.40. The van der Waals surface area contributed by atoms with Crippen LogP contribution in [0.15, 0.2) is 48.9 Å². The highest BCUT2D eigenvalue weighted by Gasteiger charge is 2.29. The first-order chi connectivity index (χ1) is 14.1. The lowest BCUT2D eigenvalue weighted by molar-refractivity contribution is 0.102.